The Morgan fingerprint density at radius 1 is 1.10 bits per heavy atom. The SMILES string of the molecule is COc1ccc(Cl)cc1N(CC(=O)N/N=C\c1ccc(-c2ccc([N+](=O)[O-])cc2)o1)S(=O)(=O)c1ccccc1. The number of nitrogens with one attached hydrogen (secondary N) is 1. The third kappa shape index (κ3) is 6.43. The Balaban J connectivity index is 1.52. The van der Waals surface area contributed by atoms with Gasteiger partial charge < -0.3 is 9.15 Å². The maximum Gasteiger partial charge on any atom is 0.269 e. The number of nitro benzene ring substituents is 1. The molecule has 4 aromatic rings. The molecule has 200 valence electrons. The first-order valence-corrected chi connectivity index (χ1v) is 13.1. The normalized spacial score (nSPS) is 11.3. The number of methoxy groups -OCH3 is 1. The number of sulfonamides is 1. The van der Waals surface area contributed by atoms with Crippen LogP contribution in [0.5, 0.6) is 5.75 Å². The van der Waals surface area contributed by atoms with Crippen molar-refractivity contribution in [3.05, 3.63) is 106 Å². The van der Waals surface area contributed by atoms with Crippen molar-refractivity contribution < 1.29 is 27.3 Å². The zero-order valence-corrected chi connectivity index (χ0v) is 21.9. The van der Waals surface area contributed by atoms with Crippen molar-refractivity contribution in [2.75, 3.05) is 18.0 Å². The number of furan rings is 1. The van der Waals surface area contributed by atoms with Crippen LogP contribution in [-0.2, 0) is 14.8 Å². The average Bonchev–Trinajstić information content (AvgIpc) is 3.41. The number of carbonyl (C=O) groups excluding carboxylic acids is 1. The summed E-state index contributed by atoms with van der Waals surface area (Å²) in [5, 5.41) is 14.9. The Morgan fingerprint density at radius 2 is 1.82 bits per heavy atom. The van der Waals surface area contributed by atoms with Crippen LogP contribution in [0.1, 0.15) is 5.76 Å². The molecule has 0 radical (unpaired) electrons. The molecule has 0 saturated carbocycles. The number of benzene rings is 3. The first-order chi connectivity index (χ1) is 18.7. The van der Waals surface area contributed by atoms with Crippen molar-refractivity contribution in [3.8, 4) is 17.1 Å². The molecular formula is C26H21ClN4O7S. The lowest BCUT2D eigenvalue weighted by Crippen LogP contribution is -2.39. The van der Waals surface area contributed by atoms with Gasteiger partial charge in [-0.1, -0.05) is 29.8 Å². The summed E-state index contributed by atoms with van der Waals surface area (Å²) in [7, 11) is -2.82. The third-order valence-electron chi connectivity index (χ3n) is 5.40. The average molecular weight is 569 g/mol. The molecule has 0 aliphatic heterocycles. The van der Waals surface area contributed by atoms with E-state index in [2.05, 4.69) is 10.5 Å². The van der Waals surface area contributed by atoms with Crippen LogP contribution in [0, 0.1) is 10.1 Å². The van der Waals surface area contributed by atoms with E-state index >= 15 is 0 Å². The van der Waals surface area contributed by atoms with Gasteiger partial charge in [-0.15, -0.1) is 0 Å². The standard InChI is InChI=1S/C26H21ClN4O7S/c1-37-25-13-9-19(27)15-23(25)30(39(35,36)22-5-3-2-4-6-22)17-26(32)29-28-16-21-12-14-24(38-21)18-7-10-20(11-8-18)31(33)34/h2-16H,17H2,1H3,(H,29,32)/b28-16-. The molecule has 0 atom stereocenters. The van der Waals surface area contributed by atoms with Crippen molar-refractivity contribution in [1.29, 1.82) is 0 Å². The fraction of sp³-hybridized carbons (Fsp3) is 0.0769. The molecule has 3 aromatic carbocycles. The summed E-state index contributed by atoms with van der Waals surface area (Å²) in [6.45, 7) is -0.628. The van der Waals surface area contributed by atoms with Gasteiger partial charge in [-0.3, -0.25) is 19.2 Å². The number of hydrazone groups is 1. The molecule has 0 saturated heterocycles. The highest BCUT2D eigenvalue weighted by Crippen LogP contribution is 2.34. The minimum Gasteiger partial charge on any atom is -0.495 e. The number of rotatable bonds is 10. The zero-order valence-electron chi connectivity index (χ0n) is 20.4. The molecule has 11 nitrogen and oxygen atoms in total. The van der Waals surface area contributed by atoms with Crippen LogP contribution in [0.3, 0.4) is 0 Å². The number of halogens is 1. The number of carbonyl (C=O) groups is 1. The van der Waals surface area contributed by atoms with Crippen molar-refractivity contribution in [1.82, 2.24) is 5.43 Å². The van der Waals surface area contributed by atoms with Crippen molar-refractivity contribution in [3.63, 3.8) is 0 Å². The molecular weight excluding hydrogens is 548 g/mol. The minimum absolute atomic E-state index is 0.0299. The number of nitro groups is 1. The molecule has 1 N–H and O–H groups in total. The monoisotopic (exact) mass is 568 g/mol. The van der Waals surface area contributed by atoms with Gasteiger partial charge in [0.1, 0.15) is 23.8 Å². The first-order valence-electron chi connectivity index (χ1n) is 11.3. The second-order valence-corrected chi connectivity index (χ2v) is 10.2. The summed E-state index contributed by atoms with van der Waals surface area (Å²) in [6.07, 6.45) is 1.24. The second-order valence-electron chi connectivity index (χ2n) is 7.94. The Kier molecular flexibility index (Phi) is 8.27. The summed E-state index contributed by atoms with van der Waals surface area (Å²) in [4.78, 5) is 23.1. The first kappa shape index (κ1) is 27.4. The van der Waals surface area contributed by atoms with E-state index in [1.54, 1.807) is 42.5 Å². The van der Waals surface area contributed by atoms with Gasteiger partial charge in [0.05, 0.1) is 28.8 Å². The lowest BCUT2D eigenvalue weighted by molar-refractivity contribution is -0.384. The van der Waals surface area contributed by atoms with Crippen molar-refractivity contribution in [2.24, 2.45) is 5.10 Å². The molecule has 0 aliphatic rings. The molecule has 1 heterocycles. The van der Waals surface area contributed by atoms with Crippen LogP contribution >= 0.6 is 11.6 Å². The molecule has 13 heteroatoms. The summed E-state index contributed by atoms with van der Waals surface area (Å²) in [6, 6.07) is 21.1. The highest BCUT2D eigenvalue weighted by Gasteiger charge is 2.29. The Bertz CT molecular complexity index is 1620. The van der Waals surface area contributed by atoms with E-state index in [9.17, 15) is 23.3 Å². The van der Waals surface area contributed by atoms with Gasteiger partial charge in [0.25, 0.3) is 21.6 Å². The Hall–Kier alpha value is -4.68. The predicted molar refractivity (Wildman–Crippen MR) is 146 cm³/mol. The lowest BCUT2D eigenvalue weighted by Gasteiger charge is -2.25. The summed E-state index contributed by atoms with van der Waals surface area (Å²) in [5.74, 6) is 0.180. The number of anilines is 1. The van der Waals surface area contributed by atoms with Crippen LogP contribution in [-0.4, -0.2) is 39.1 Å². The smallest absolute Gasteiger partial charge is 0.269 e. The fourth-order valence-corrected chi connectivity index (χ4v) is 5.15. The molecule has 0 bridgehead atoms. The second kappa shape index (κ2) is 11.8. The number of amides is 1. The minimum atomic E-state index is -4.19. The van der Waals surface area contributed by atoms with Crippen molar-refractivity contribution in [2.45, 2.75) is 4.90 Å². The van der Waals surface area contributed by atoms with Gasteiger partial charge in [0.2, 0.25) is 0 Å². The summed E-state index contributed by atoms with van der Waals surface area (Å²) < 4.78 is 38.8. The Morgan fingerprint density at radius 3 is 2.49 bits per heavy atom. The van der Waals surface area contributed by atoms with E-state index < -0.39 is 27.4 Å². The molecule has 0 spiro atoms. The number of ether oxygens (including phenoxy) is 1. The maximum absolute atomic E-state index is 13.5. The predicted octanol–water partition coefficient (Wildman–Crippen LogP) is 4.86. The van der Waals surface area contributed by atoms with E-state index in [1.165, 1.54) is 55.8 Å². The molecule has 0 unspecified atom stereocenters. The number of hydrogen-bond acceptors (Lipinski definition) is 8. The Labute approximate surface area is 228 Å². The zero-order chi connectivity index (χ0) is 28.0. The van der Waals surface area contributed by atoms with Gasteiger partial charge >= 0.3 is 0 Å². The maximum atomic E-state index is 13.5. The number of nitrogens with zero attached hydrogens (tertiary/aromatic N) is 3. The highest BCUT2D eigenvalue weighted by molar-refractivity contribution is 7.92. The van der Waals surface area contributed by atoms with Gasteiger partial charge in [-0.05, 0) is 54.6 Å². The van der Waals surface area contributed by atoms with Crippen LogP contribution in [0.4, 0.5) is 11.4 Å². The molecule has 1 amide bonds. The van der Waals surface area contributed by atoms with Crippen LogP contribution in [0.2, 0.25) is 5.02 Å². The van der Waals surface area contributed by atoms with E-state index in [4.69, 9.17) is 20.8 Å². The lowest BCUT2D eigenvalue weighted by atomic mass is 10.1. The molecule has 39 heavy (non-hydrogen) atoms. The van der Waals surface area contributed by atoms with E-state index in [1.807, 2.05) is 0 Å². The van der Waals surface area contributed by atoms with Gasteiger partial charge in [-0.2, -0.15) is 5.10 Å². The van der Waals surface area contributed by atoms with E-state index in [0.717, 1.165) is 4.31 Å². The van der Waals surface area contributed by atoms with Gasteiger partial charge in [0.15, 0.2) is 0 Å². The quantitative estimate of drug-likeness (QED) is 0.163. The highest BCUT2D eigenvalue weighted by atomic mass is 35.5. The van der Waals surface area contributed by atoms with Crippen LogP contribution < -0.4 is 14.5 Å². The largest absolute Gasteiger partial charge is 0.495 e. The van der Waals surface area contributed by atoms with Crippen molar-refractivity contribution >= 4 is 45.1 Å². The summed E-state index contributed by atoms with van der Waals surface area (Å²) in [5.41, 5.74) is 2.93. The molecule has 0 aliphatic carbocycles. The molecule has 1 aromatic heterocycles. The van der Waals surface area contributed by atoms with Crippen LogP contribution in [0.15, 0.2) is 99.3 Å². The third-order valence-corrected chi connectivity index (χ3v) is 7.41. The number of non-ortho nitro benzene ring substituents is 1. The van der Waals surface area contributed by atoms with Crippen LogP contribution in [0.25, 0.3) is 11.3 Å². The summed E-state index contributed by atoms with van der Waals surface area (Å²) >= 11 is 6.13. The van der Waals surface area contributed by atoms with Gasteiger partial charge in [-0.25, -0.2) is 13.8 Å². The van der Waals surface area contributed by atoms with E-state index in [0.29, 0.717) is 11.3 Å². The van der Waals surface area contributed by atoms with E-state index in [-0.39, 0.29) is 32.8 Å². The molecule has 0 fully saturated rings. The number of hydrogen-bond donors (Lipinski definition) is 1. The molecule has 4 rings (SSSR count). The van der Waals surface area contributed by atoms with Gasteiger partial charge in [0, 0.05) is 22.7 Å². The topological polar surface area (TPSA) is 144 Å². The fourth-order valence-electron chi connectivity index (χ4n) is 3.54.